The maximum absolute atomic E-state index is 13.9. The van der Waals surface area contributed by atoms with Crippen LogP contribution in [0.4, 0.5) is 9.18 Å². The smallest absolute Gasteiger partial charge is 0.410 e. The van der Waals surface area contributed by atoms with E-state index >= 15 is 0 Å². The lowest BCUT2D eigenvalue weighted by Crippen LogP contribution is -2.45. The summed E-state index contributed by atoms with van der Waals surface area (Å²) in [5.41, 5.74) is 3.56. The van der Waals surface area contributed by atoms with Crippen LogP contribution in [0.15, 0.2) is 28.1 Å². The number of nitrogens with zero attached hydrogens (tertiary/aromatic N) is 3. The fourth-order valence-corrected chi connectivity index (χ4v) is 4.38. The Bertz CT molecular complexity index is 861. The number of hydrazine groups is 1. The van der Waals surface area contributed by atoms with Crippen molar-refractivity contribution in [3.8, 4) is 5.75 Å². The number of likely N-dealkylation sites (tertiary alicyclic amines) is 1. The zero-order valence-corrected chi connectivity index (χ0v) is 16.8. The molecule has 3 heterocycles. The van der Waals surface area contributed by atoms with Crippen molar-refractivity contribution in [2.75, 3.05) is 26.2 Å². The van der Waals surface area contributed by atoms with E-state index in [4.69, 9.17) is 4.74 Å². The molecule has 7 nitrogen and oxygen atoms in total. The van der Waals surface area contributed by atoms with Gasteiger partial charge in [-0.1, -0.05) is 0 Å². The summed E-state index contributed by atoms with van der Waals surface area (Å²) in [7, 11) is 0. The molecule has 1 aromatic carbocycles. The first-order valence-corrected chi connectivity index (χ1v) is 10.7. The second-order valence-electron chi connectivity index (χ2n) is 7.17. The molecule has 4 rings (SSSR count). The Hall–Kier alpha value is -2.39. The molecule has 0 radical (unpaired) electrons. The van der Waals surface area contributed by atoms with Crippen LogP contribution in [-0.2, 0) is 4.79 Å². The predicted octanol–water partition coefficient (Wildman–Crippen LogP) is 3.38. The molecule has 2 saturated heterocycles. The van der Waals surface area contributed by atoms with Crippen LogP contribution in [0.1, 0.15) is 37.7 Å². The molecular formula is C20H23FN4O3S. The highest BCUT2D eigenvalue weighted by Gasteiger charge is 2.28. The standard InChI is InChI=1S/C20H23FN4O3S/c21-15-6-7-16(28-20(27)24-9-3-1-4-10-24)14(12-15)13-17-18(26)23-19(29-17)25-11-5-2-8-22-25/h6-7,12-13,22H,1-5,8-11H2/b17-13-. The number of ether oxygens (including phenoxy) is 1. The number of halogens is 1. The molecule has 154 valence electrons. The van der Waals surface area contributed by atoms with Gasteiger partial charge in [-0.05, 0) is 68.1 Å². The van der Waals surface area contributed by atoms with Gasteiger partial charge < -0.3 is 9.64 Å². The molecule has 0 atom stereocenters. The van der Waals surface area contributed by atoms with Gasteiger partial charge in [0.05, 0.1) is 4.91 Å². The van der Waals surface area contributed by atoms with E-state index in [0.717, 1.165) is 45.2 Å². The summed E-state index contributed by atoms with van der Waals surface area (Å²) in [6, 6.07) is 3.92. The Morgan fingerprint density at radius 1 is 1.17 bits per heavy atom. The molecule has 2 amide bonds. The third kappa shape index (κ3) is 4.79. The molecule has 3 aliphatic rings. The van der Waals surface area contributed by atoms with Crippen LogP contribution in [0.2, 0.25) is 0 Å². The minimum Gasteiger partial charge on any atom is -0.410 e. The molecule has 1 aromatic rings. The second-order valence-corrected chi connectivity index (χ2v) is 8.18. The highest BCUT2D eigenvalue weighted by atomic mass is 32.2. The van der Waals surface area contributed by atoms with E-state index in [-0.39, 0.29) is 11.7 Å². The van der Waals surface area contributed by atoms with E-state index in [1.807, 2.05) is 5.01 Å². The number of hydrogen-bond acceptors (Lipinski definition) is 6. The molecule has 0 aliphatic carbocycles. The Morgan fingerprint density at radius 2 is 1.97 bits per heavy atom. The van der Waals surface area contributed by atoms with Crippen molar-refractivity contribution in [1.29, 1.82) is 0 Å². The number of thioether (sulfide) groups is 1. The van der Waals surface area contributed by atoms with E-state index in [1.165, 1.54) is 36.0 Å². The van der Waals surface area contributed by atoms with Gasteiger partial charge in [0.25, 0.3) is 5.91 Å². The van der Waals surface area contributed by atoms with Crippen molar-refractivity contribution in [3.63, 3.8) is 0 Å². The van der Waals surface area contributed by atoms with Gasteiger partial charge in [-0.2, -0.15) is 4.99 Å². The highest BCUT2D eigenvalue weighted by molar-refractivity contribution is 8.18. The summed E-state index contributed by atoms with van der Waals surface area (Å²) in [4.78, 5) is 30.9. The lowest BCUT2D eigenvalue weighted by molar-refractivity contribution is -0.113. The summed E-state index contributed by atoms with van der Waals surface area (Å²) in [6.07, 6.45) is 6.20. The van der Waals surface area contributed by atoms with Crippen LogP contribution in [-0.4, -0.2) is 53.3 Å². The Morgan fingerprint density at radius 3 is 2.72 bits per heavy atom. The minimum atomic E-state index is -0.469. The van der Waals surface area contributed by atoms with Crippen molar-refractivity contribution < 1.29 is 18.7 Å². The molecular weight excluding hydrogens is 395 g/mol. The number of piperidine rings is 1. The van der Waals surface area contributed by atoms with Crippen molar-refractivity contribution in [2.45, 2.75) is 32.1 Å². The molecule has 1 N–H and O–H groups in total. The van der Waals surface area contributed by atoms with E-state index in [0.29, 0.717) is 28.7 Å². The predicted molar refractivity (Wildman–Crippen MR) is 110 cm³/mol. The average molecular weight is 418 g/mol. The van der Waals surface area contributed by atoms with Crippen LogP contribution in [0.25, 0.3) is 6.08 Å². The van der Waals surface area contributed by atoms with Gasteiger partial charge in [0.1, 0.15) is 11.6 Å². The highest BCUT2D eigenvalue weighted by Crippen LogP contribution is 2.33. The molecule has 9 heteroatoms. The van der Waals surface area contributed by atoms with Crippen LogP contribution < -0.4 is 10.2 Å². The van der Waals surface area contributed by atoms with Gasteiger partial charge >= 0.3 is 6.09 Å². The zero-order chi connectivity index (χ0) is 20.2. The first kappa shape index (κ1) is 19.9. The molecule has 0 saturated carbocycles. The first-order chi connectivity index (χ1) is 14.1. The van der Waals surface area contributed by atoms with Gasteiger partial charge in [0.15, 0.2) is 5.17 Å². The summed E-state index contributed by atoms with van der Waals surface area (Å²) in [5.74, 6) is -0.619. The minimum absolute atomic E-state index is 0.229. The van der Waals surface area contributed by atoms with E-state index in [2.05, 4.69) is 10.4 Å². The van der Waals surface area contributed by atoms with Crippen molar-refractivity contribution in [3.05, 3.63) is 34.5 Å². The number of rotatable bonds is 2. The normalized spacial score (nSPS) is 21.5. The summed E-state index contributed by atoms with van der Waals surface area (Å²) in [5, 5.41) is 2.46. The number of carbonyl (C=O) groups is 2. The SMILES string of the molecule is O=C1N=C(N2CCCCN2)S/C1=C\c1cc(F)ccc1OC(=O)N1CCCCC1. The quantitative estimate of drug-likeness (QED) is 0.743. The Kier molecular flexibility index (Phi) is 6.15. The second kappa shape index (κ2) is 8.96. The number of hydrogen-bond donors (Lipinski definition) is 1. The lowest BCUT2D eigenvalue weighted by atomic mass is 10.1. The summed E-state index contributed by atoms with van der Waals surface area (Å²) < 4.78 is 19.4. The molecule has 3 aliphatic heterocycles. The maximum atomic E-state index is 13.9. The van der Waals surface area contributed by atoms with Crippen LogP contribution in [0.3, 0.4) is 0 Å². The van der Waals surface area contributed by atoms with Crippen molar-refractivity contribution >= 4 is 35.0 Å². The first-order valence-electron chi connectivity index (χ1n) is 9.90. The number of carbonyl (C=O) groups excluding carboxylic acids is 2. The van der Waals surface area contributed by atoms with Gasteiger partial charge in [0.2, 0.25) is 0 Å². The fourth-order valence-electron chi connectivity index (χ4n) is 3.47. The van der Waals surface area contributed by atoms with Gasteiger partial charge in [-0.25, -0.2) is 14.6 Å². The van der Waals surface area contributed by atoms with E-state index in [9.17, 15) is 14.0 Å². The van der Waals surface area contributed by atoms with Gasteiger partial charge in [0, 0.05) is 31.7 Å². The number of nitrogens with one attached hydrogen (secondary N) is 1. The largest absolute Gasteiger partial charge is 0.415 e. The van der Waals surface area contributed by atoms with Crippen LogP contribution in [0.5, 0.6) is 5.75 Å². The molecule has 0 unspecified atom stereocenters. The van der Waals surface area contributed by atoms with Crippen molar-refractivity contribution in [2.24, 2.45) is 4.99 Å². The third-order valence-electron chi connectivity index (χ3n) is 5.02. The van der Waals surface area contributed by atoms with Crippen LogP contribution >= 0.6 is 11.8 Å². The maximum Gasteiger partial charge on any atom is 0.415 e. The van der Waals surface area contributed by atoms with Crippen LogP contribution in [0, 0.1) is 5.82 Å². The molecule has 0 aromatic heterocycles. The van der Waals surface area contributed by atoms with Gasteiger partial charge in [-0.15, -0.1) is 0 Å². The molecule has 0 spiro atoms. The zero-order valence-electron chi connectivity index (χ0n) is 16.0. The number of amidine groups is 1. The molecule has 0 bridgehead atoms. The number of amides is 2. The lowest BCUT2D eigenvalue weighted by Gasteiger charge is -2.28. The molecule has 2 fully saturated rings. The molecule has 29 heavy (non-hydrogen) atoms. The van der Waals surface area contributed by atoms with E-state index in [1.54, 1.807) is 4.90 Å². The Balaban J connectivity index is 1.51. The fraction of sp³-hybridized carbons (Fsp3) is 0.450. The average Bonchev–Trinajstić information content (AvgIpc) is 3.11. The third-order valence-corrected chi connectivity index (χ3v) is 6.03. The monoisotopic (exact) mass is 418 g/mol. The Labute approximate surface area is 172 Å². The topological polar surface area (TPSA) is 74.2 Å². The number of benzene rings is 1. The van der Waals surface area contributed by atoms with Crippen molar-refractivity contribution in [1.82, 2.24) is 15.3 Å². The summed E-state index contributed by atoms with van der Waals surface area (Å²) >= 11 is 1.23. The summed E-state index contributed by atoms with van der Waals surface area (Å²) in [6.45, 7) is 2.94. The van der Waals surface area contributed by atoms with Gasteiger partial charge in [-0.3, -0.25) is 9.80 Å². The van der Waals surface area contributed by atoms with E-state index < -0.39 is 11.9 Å². The number of aliphatic imine (C=N–C) groups is 1.